The van der Waals surface area contributed by atoms with E-state index in [9.17, 15) is 9.18 Å². The Morgan fingerprint density at radius 3 is 2.44 bits per heavy atom. The lowest BCUT2D eigenvalue weighted by Gasteiger charge is -2.03. The summed E-state index contributed by atoms with van der Waals surface area (Å²) in [6.07, 6.45) is 5.17. The van der Waals surface area contributed by atoms with Crippen molar-refractivity contribution in [2.24, 2.45) is 0 Å². The lowest BCUT2D eigenvalue weighted by atomic mass is 10.0. The number of hydrogen-bond acceptors (Lipinski definition) is 2. The van der Waals surface area contributed by atoms with Crippen LogP contribution in [0.1, 0.15) is 15.9 Å². The third-order valence-corrected chi connectivity index (χ3v) is 4.00. The Morgan fingerprint density at radius 2 is 1.68 bits per heavy atom. The van der Waals surface area contributed by atoms with E-state index in [1.54, 1.807) is 30.7 Å². The Bertz CT molecular complexity index is 1040. The molecule has 2 heterocycles. The van der Waals surface area contributed by atoms with Gasteiger partial charge in [-0.1, -0.05) is 30.3 Å². The highest BCUT2D eigenvalue weighted by molar-refractivity contribution is 6.16. The van der Waals surface area contributed by atoms with Gasteiger partial charge < -0.3 is 4.57 Å². The molecule has 2 aromatic carbocycles. The lowest BCUT2D eigenvalue weighted by Crippen LogP contribution is -2.03. The van der Waals surface area contributed by atoms with Gasteiger partial charge in [0, 0.05) is 23.3 Å². The molecule has 2 aromatic heterocycles. The lowest BCUT2D eigenvalue weighted by molar-refractivity contribution is 0.103. The number of carbonyl (C=O) groups excluding carboxylic acids is 1. The molecule has 0 saturated carbocycles. The zero-order chi connectivity index (χ0) is 16.5. The Balaban J connectivity index is 0.00000182. The van der Waals surface area contributed by atoms with Crippen LogP contribution in [-0.4, -0.2) is 15.3 Å². The zero-order valence-corrected chi connectivity index (χ0v) is 13.9. The Kier molecular flexibility index (Phi) is 4.63. The van der Waals surface area contributed by atoms with E-state index < -0.39 is 5.82 Å². The fourth-order valence-electron chi connectivity index (χ4n) is 2.86. The molecule has 0 radical (unpaired) electrons. The van der Waals surface area contributed by atoms with E-state index in [1.807, 2.05) is 41.0 Å². The molecule has 4 rings (SSSR count). The van der Waals surface area contributed by atoms with E-state index >= 15 is 0 Å². The number of hydrogen-bond donors (Lipinski definition) is 0. The van der Waals surface area contributed by atoms with Crippen LogP contribution in [0.4, 0.5) is 4.39 Å². The van der Waals surface area contributed by atoms with Crippen LogP contribution in [0.25, 0.3) is 16.6 Å². The molecular formula is C20H14ClFN2O. The first kappa shape index (κ1) is 16.9. The minimum absolute atomic E-state index is 0. The summed E-state index contributed by atoms with van der Waals surface area (Å²) in [7, 11) is 0. The third kappa shape index (κ3) is 2.92. The van der Waals surface area contributed by atoms with Gasteiger partial charge in [-0.15, -0.1) is 12.4 Å². The summed E-state index contributed by atoms with van der Waals surface area (Å²) < 4.78 is 15.9. The van der Waals surface area contributed by atoms with E-state index in [4.69, 9.17) is 0 Å². The Morgan fingerprint density at radius 1 is 0.920 bits per heavy atom. The second kappa shape index (κ2) is 6.87. The third-order valence-electron chi connectivity index (χ3n) is 4.00. The molecule has 124 valence electrons. The quantitative estimate of drug-likeness (QED) is 0.495. The topological polar surface area (TPSA) is 34.9 Å². The Hall–Kier alpha value is -2.98. The van der Waals surface area contributed by atoms with Crippen molar-refractivity contribution in [3.63, 3.8) is 0 Å². The van der Waals surface area contributed by atoms with Crippen LogP contribution in [0.2, 0.25) is 0 Å². The zero-order valence-electron chi connectivity index (χ0n) is 13.1. The van der Waals surface area contributed by atoms with Crippen molar-refractivity contribution in [1.29, 1.82) is 0 Å². The first-order valence-corrected chi connectivity index (χ1v) is 7.55. The summed E-state index contributed by atoms with van der Waals surface area (Å²) in [6.45, 7) is 0. The van der Waals surface area contributed by atoms with Crippen LogP contribution in [0.3, 0.4) is 0 Å². The van der Waals surface area contributed by atoms with E-state index in [0.717, 1.165) is 16.6 Å². The molecule has 5 heteroatoms. The summed E-state index contributed by atoms with van der Waals surface area (Å²) in [6, 6.07) is 17.4. The molecule has 0 fully saturated rings. The van der Waals surface area contributed by atoms with Crippen molar-refractivity contribution in [3.8, 4) is 5.69 Å². The van der Waals surface area contributed by atoms with Gasteiger partial charge >= 0.3 is 0 Å². The van der Waals surface area contributed by atoms with E-state index in [2.05, 4.69) is 4.98 Å². The predicted octanol–water partition coefficient (Wildman–Crippen LogP) is 4.82. The summed E-state index contributed by atoms with van der Waals surface area (Å²) >= 11 is 0. The summed E-state index contributed by atoms with van der Waals surface area (Å²) in [5, 5.41) is 0.787. The number of benzene rings is 2. The smallest absolute Gasteiger partial charge is 0.198 e. The van der Waals surface area contributed by atoms with E-state index in [0.29, 0.717) is 5.56 Å². The van der Waals surface area contributed by atoms with Crippen molar-refractivity contribution < 1.29 is 9.18 Å². The molecule has 0 aliphatic carbocycles. The second-order valence-electron chi connectivity index (χ2n) is 5.45. The normalized spacial score (nSPS) is 10.4. The van der Waals surface area contributed by atoms with Gasteiger partial charge in [0.25, 0.3) is 0 Å². The first-order valence-electron chi connectivity index (χ1n) is 7.55. The van der Waals surface area contributed by atoms with Crippen molar-refractivity contribution >= 4 is 29.1 Å². The number of ketones is 1. The van der Waals surface area contributed by atoms with Crippen LogP contribution in [0, 0.1) is 5.82 Å². The maximum atomic E-state index is 14.0. The second-order valence-corrected chi connectivity index (χ2v) is 5.45. The minimum Gasteiger partial charge on any atom is -0.314 e. The number of carbonyl (C=O) groups is 1. The van der Waals surface area contributed by atoms with Crippen LogP contribution < -0.4 is 0 Å². The van der Waals surface area contributed by atoms with Crippen LogP contribution in [0.15, 0.2) is 79.3 Å². The largest absolute Gasteiger partial charge is 0.314 e. The standard InChI is InChI=1S/C20H13FN2O.ClH/c21-18-9-3-1-8-16(18)20(24)17-13-23(14-6-5-11-22-12-14)19-10-4-2-7-15(17)19;/h1-13H;1H. The van der Waals surface area contributed by atoms with Crippen molar-refractivity contribution in [2.75, 3.05) is 0 Å². The van der Waals surface area contributed by atoms with Crippen LogP contribution in [-0.2, 0) is 0 Å². The molecule has 0 N–H and O–H groups in total. The average Bonchev–Trinajstić information content (AvgIpc) is 3.02. The molecular weight excluding hydrogens is 339 g/mol. The number of nitrogens with zero attached hydrogens (tertiary/aromatic N) is 2. The predicted molar refractivity (Wildman–Crippen MR) is 98.2 cm³/mol. The fraction of sp³-hybridized carbons (Fsp3) is 0. The minimum atomic E-state index is -0.513. The molecule has 4 aromatic rings. The monoisotopic (exact) mass is 352 g/mol. The van der Waals surface area contributed by atoms with Gasteiger partial charge in [-0.25, -0.2) is 4.39 Å². The molecule has 3 nitrogen and oxygen atoms in total. The van der Waals surface area contributed by atoms with E-state index in [1.165, 1.54) is 12.1 Å². The molecule has 0 amide bonds. The molecule has 0 bridgehead atoms. The SMILES string of the molecule is Cl.O=C(c1ccccc1F)c1cn(-c2cccnc2)c2ccccc12. The summed E-state index contributed by atoms with van der Waals surface area (Å²) in [4.78, 5) is 17.0. The number of para-hydroxylation sites is 1. The molecule has 25 heavy (non-hydrogen) atoms. The highest BCUT2D eigenvalue weighted by atomic mass is 35.5. The highest BCUT2D eigenvalue weighted by Gasteiger charge is 2.19. The molecule has 0 atom stereocenters. The Labute approximate surface area is 150 Å². The molecule has 0 saturated heterocycles. The van der Waals surface area contributed by atoms with Crippen molar-refractivity contribution in [1.82, 2.24) is 9.55 Å². The fourth-order valence-corrected chi connectivity index (χ4v) is 2.86. The molecule has 0 aliphatic heterocycles. The van der Waals surface area contributed by atoms with Gasteiger partial charge in [-0.05, 0) is 30.3 Å². The van der Waals surface area contributed by atoms with Crippen molar-refractivity contribution in [3.05, 3.63) is 96.2 Å². The number of halogens is 2. The number of fused-ring (bicyclic) bond motifs is 1. The molecule has 0 spiro atoms. The van der Waals surface area contributed by atoms with Crippen LogP contribution >= 0.6 is 12.4 Å². The van der Waals surface area contributed by atoms with E-state index in [-0.39, 0.29) is 23.8 Å². The maximum absolute atomic E-state index is 14.0. The molecule has 0 aliphatic rings. The average molecular weight is 353 g/mol. The van der Waals surface area contributed by atoms with Gasteiger partial charge in [-0.2, -0.15) is 0 Å². The molecule has 0 unspecified atom stereocenters. The number of pyridine rings is 1. The van der Waals surface area contributed by atoms with Gasteiger partial charge in [0.2, 0.25) is 0 Å². The maximum Gasteiger partial charge on any atom is 0.198 e. The number of aromatic nitrogens is 2. The van der Waals surface area contributed by atoms with Crippen molar-refractivity contribution in [2.45, 2.75) is 0 Å². The van der Waals surface area contributed by atoms with Crippen LogP contribution in [0.5, 0.6) is 0 Å². The summed E-state index contributed by atoms with van der Waals surface area (Å²) in [5.74, 6) is -0.840. The van der Waals surface area contributed by atoms with Gasteiger partial charge in [-0.3, -0.25) is 9.78 Å². The van der Waals surface area contributed by atoms with Gasteiger partial charge in [0.1, 0.15) is 5.82 Å². The summed E-state index contributed by atoms with van der Waals surface area (Å²) in [5.41, 5.74) is 2.28. The highest BCUT2D eigenvalue weighted by Crippen LogP contribution is 2.27. The number of rotatable bonds is 3. The van der Waals surface area contributed by atoms with Gasteiger partial charge in [0.05, 0.1) is 23.0 Å². The first-order chi connectivity index (χ1) is 11.8. The van der Waals surface area contributed by atoms with Gasteiger partial charge in [0.15, 0.2) is 5.78 Å².